The number of hydrogen-bond donors (Lipinski definition) is 1. The first-order valence-corrected chi connectivity index (χ1v) is 6.69. The molecule has 106 valence electrons. The summed E-state index contributed by atoms with van der Waals surface area (Å²) in [5.41, 5.74) is 1.18. The summed E-state index contributed by atoms with van der Waals surface area (Å²) < 4.78 is 5.29. The van der Waals surface area contributed by atoms with Gasteiger partial charge in [-0.1, -0.05) is 35.5 Å². The van der Waals surface area contributed by atoms with E-state index < -0.39 is 0 Å². The highest BCUT2D eigenvalue weighted by Gasteiger charge is 2.16. The number of benzene rings is 1. The number of nitrogens with one attached hydrogen (secondary N) is 1. The molecular formula is C15H15N5O. The summed E-state index contributed by atoms with van der Waals surface area (Å²) in [5.74, 6) is 1.43. The smallest absolute Gasteiger partial charge is 0.240 e. The van der Waals surface area contributed by atoms with E-state index in [4.69, 9.17) is 4.52 Å². The average molecular weight is 281 g/mol. The van der Waals surface area contributed by atoms with Crippen LogP contribution < -0.4 is 5.32 Å². The van der Waals surface area contributed by atoms with Gasteiger partial charge in [0.25, 0.3) is 0 Å². The highest BCUT2D eigenvalue weighted by Crippen LogP contribution is 2.18. The zero-order chi connectivity index (χ0) is 14.5. The minimum Gasteiger partial charge on any atom is -0.339 e. The second-order valence-electron chi connectivity index (χ2n) is 4.54. The first-order valence-electron chi connectivity index (χ1n) is 6.69. The van der Waals surface area contributed by atoms with Gasteiger partial charge in [-0.05, 0) is 18.7 Å². The van der Waals surface area contributed by atoms with E-state index in [1.807, 2.05) is 25.2 Å². The lowest BCUT2D eigenvalue weighted by Gasteiger charge is -2.13. The van der Waals surface area contributed by atoms with Gasteiger partial charge >= 0.3 is 0 Å². The zero-order valence-corrected chi connectivity index (χ0v) is 11.6. The van der Waals surface area contributed by atoms with E-state index in [0.717, 1.165) is 0 Å². The molecule has 1 atom stereocenters. The van der Waals surface area contributed by atoms with Crippen molar-refractivity contribution >= 4 is 0 Å². The quantitative estimate of drug-likeness (QED) is 0.771. The molecule has 0 spiro atoms. The highest BCUT2D eigenvalue weighted by atomic mass is 16.5. The molecule has 0 aliphatic rings. The Kier molecular flexibility index (Phi) is 3.97. The lowest BCUT2D eigenvalue weighted by molar-refractivity contribution is 0.362. The average Bonchev–Trinajstić information content (AvgIpc) is 3.03. The Morgan fingerprint density at radius 3 is 2.52 bits per heavy atom. The van der Waals surface area contributed by atoms with Crippen LogP contribution in [0.25, 0.3) is 11.6 Å². The Hall–Kier alpha value is -2.60. The van der Waals surface area contributed by atoms with Crippen molar-refractivity contribution < 1.29 is 4.52 Å². The maximum atomic E-state index is 5.29. The molecule has 0 saturated heterocycles. The van der Waals surface area contributed by atoms with Crippen molar-refractivity contribution in [3.05, 3.63) is 60.2 Å². The lowest BCUT2D eigenvalue weighted by Crippen LogP contribution is -2.18. The summed E-state index contributed by atoms with van der Waals surface area (Å²) in [6.07, 6.45) is 3.91. The van der Waals surface area contributed by atoms with Crippen molar-refractivity contribution in [3.8, 4) is 11.6 Å². The maximum absolute atomic E-state index is 5.29. The van der Waals surface area contributed by atoms with Gasteiger partial charge in [-0.25, -0.2) is 9.97 Å². The molecule has 1 unspecified atom stereocenters. The van der Waals surface area contributed by atoms with E-state index in [1.54, 1.807) is 18.5 Å². The van der Waals surface area contributed by atoms with Gasteiger partial charge in [0.05, 0.1) is 0 Å². The molecule has 6 heteroatoms. The third-order valence-electron chi connectivity index (χ3n) is 3.16. The first kappa shape index (κ1) is 13.4. The summed E-state index contributed by atoms with van der Waals surface area (Å²) in [7, 11) is 1.91. The predicted molar refractivity (Wildman–Crippen MR) is 77.3 cm³/mol. The number of hydrogen-bond acceptors (Lipinski definition) is 6. The molecule has 0 saturated carbocycles. The van der Waals surface area contributed by atoms with Crippen LogP contribution in [0.15, 0.2) is 53.3 Å². The van der Waals surface area contributed by atoms with Gasteiger partial charge in [0.15, 0.2) is 0 Å². The summed E-state index contributed by atoms with van der Waals surface area (Å²) in [6, 6.07) is 12.0. The van der Waals surface area contributed by atoms with Gasteiger partial charge in [0.1, 0.15) is 0 Å². The fraction of sp³-hybridized carbons (Fsp3) is 0.200. The Labute approximate surface area is 122 Å². The van der Waals surface area contributed by atoms with Gasteiger partial charge in [0.2, 0.25) is 17.5 Å². The van der Waals surface area contributed by atoms with Gasteiger partial charge in [-0.2, -0.15) is 4.98 Å². The lowest BCUT2D eigenvalue weighted by atomic mass is 10.0. The SMILES string of the molecule is CNC(Cc1nc(-c2ncccn2)no1)c1ccccc1. The molecule has 0 aliphatic heterocycles. The Morgan fingerprint density at radius 2 is 1.81 bits per heavy atom. The molecule has 21 heavy (non-hydrogen) atoms. The summed E-state index contributed by atoms with van der Waals surface area (Å²) >= 11 is 0. The van der Waals surface area contributed by atoms with Gasteiger partial charge in [-0.15, -0.1) is 0 Å². The summed E-state index contributed by atoms with van der Waals surface area (Å²) in [6.45, 7) is 0. The van der Waals surface area contributed by atoms with Crippen LogP contribution in [0, 0.1) is 0 Å². The molecule has 2 heterocycles. The van der Waals surface area contributed by atoms with Crippen LogP contribution in [-0.2, 0) is 6.42 Å². The fourth-order valence-electron chi connectivity index (χ4n) is 2.09. The Balaban J connectivity index is 1.78. The van der Waals surface area contributed by atoms with Gasteiger partial charge in [0, 0.05) is 24.9 Å². The van der Waals surface area contributed by atoms with E-state index in [2.05, 4.69) is 37.6 Å². The molecule has 0 amide bonds. The van der Waals surface area contributed by atoms with Crippen LogP contribution in [0.5, 0.6) is 0 Å². The largest absolute Gasteiger partial charge is 0.339 e. The Morgan fingerprint density at radius 1 is 1.05 bits per heavy atom. The molecular weight excluding hydrogens is 266 g/mol. The van der Waals surface area contributed by atoms with Crippen LogP contribution in [0.2, 0.25) is 0 Å². The first-order chi connectivity index (χ1) is 10.4. The van der Waals surface area contributed by atoms with E-state index in [-0.39, 0.29) is 6.04 Å². The number of likely N-dealkylation sites (N-methyl/N-ethyl adjacent to an activating group) is 1. The van der Waals surface area contributed by atoms with Crippen molar-refractivity contribution in [3.63, 3.8) is 0 Å². The molecule has 0 radical (unpaired) electrons. The Bertz CT molecular complexity index is 684. The van der Waals surface area contributed by atoms with E-state index in [9.17, 15) is 0 Å². The van der Waals surface area contributed by atoms with Crippen molar-refractivity contribution in [2.24, 2.45) is 0 Å². The molecule has 0 fully saturated rings. The normalized spacial score (nSPS) is 12.2. The summed E-state index contributed by atoms with van der Waals surface area (Å²) in [4.78, 5) is 12.6. The van der Waals surface area contributed by atoms with E-state index in [1.165, 1.54) is 5.56 Å². The highest BCUT2D eigenvalue weighted by molar-refractivity contribution is 5.40. The topological polar surface area (TPSA) is 76.7 Å². The second kappa shape index (κ2) is 6.23. The number of rotatable bonds is 5. The van der Waals surface area contributed by atoms with Gasteiger partial charge < -0.3 is 9.84 Å². The van der Waals surface area contributed by atoms with Crippen LogP contribution in [0.1, 0.15) is 17.5 Å². The molecule has 1 N–H and O–H groups in total. The predicted octanol–water partition coefficient (Wildman–Crippen LogP) is 2.03. The molecule has 2 aromatic heterocycles. The number of aromatic nitrogens is 4. The van der Waals surface area contributed by atoms with Crippen molar-refractivity contribution in [2.45, 2.75) is 12.5 Å². The van der Waals surface area contributed by atoms with Crippen molar-refractivity contribution in [1.82, 2.24) is 25.4 Å². The fourth-order valence-corrected chi connectivity index (χ4v) is 2.09. The number of nitrogens with zero attached hydrogens (tertiary/aromatic N) is 4. The summed E-state index contributed by atoms with van der Waals surface area (Å²) in [5, 5.41) is 7.19. The monoisotopic (exact) mass is 281 g/mol. The van der Waals surface area contributed by atoms with E-state index in [0.29, 0.717) is 24.0 Å². The molecule has 3 rings (SSSR count). The molecule has 6 nitrogen and oxygen atoms in total. The molecule has 3 aromatic rings. The molecule has 1 aromatic carbocycles. The maximum Gasteiger partial charge on any atom is 0.240 e. The third-order valence-corrected chi connectivity index (χ3v) is 3.16. The van der Waals surface area contributed by atoms with Crippen molar-refractivity contribution in [1.29, 1.82) is 0 Å². The zero-order valence-electron chi connectivity index (χ0n) is 11.6. The van der Waals surface area contributed by atoms with Crippen LogP contribution in [0.3, 0.4) is 0 Å². The molecule has 0 aliphatic carbocycles. The second-order valence-corrected chi connectivity index (χ2v) is 4.54. The van der Waals surface area contributed by atoms with Crippen LogP contribution >= 0.6 is 0 Å². The minimum absolute atomic E-state index is 0.121. The minimum atomic E-state index is 0.121. The standard InChI is InChI=1S/C15H15N5O/c1-16-12(11-6-3-2-4-7-11)10-13-19-15(20-21-13)14-17-8-5-9-18-14/h2-9,12,16H,10H2,1H3. The van der Waals surface area contributed by atoms with Gasteiger partial charge in [-0.3, -0.25) is 0 Å². The molecule has 0 bridgehead atoms. The third kappa shape index (κ3) is 3.11. The van der Waals surface area contributed by atoms with E-state index >= 15 is 0 Å². The van der Waals surface area contributed by atoms with Crippen molar-refractivity contribution in [2.75, 3.05) is 7.05 Å². The van der Waals surface area contributed by atoms with Crippen LogP contribution in [0.4, 0.5) is 0 Å². The van der Waals surface area contributed by atoms with Crippen LogP contribution in [-0.4, -0.2) is 27.2 Å².